The quantitative estimate of drug-likeness (QED) is 0.143. The summed E-state index contributed by atoms with van der Waals surface area (Å²) >= 11 is 0. The summed E-state index contributed by atoms with van der Waals surface area (Å²) < 4.78 is 0. The van der Waals surface area contributed by atoms with Crippen molar-refractivity contribution in [1.29, 1.82) is 0 Å². The highest BCUT2D eigenvalue weighted by Crippen LogP contribution is 2.04. The molecule has 192 valence electrons. The average molecular weight is 491 g/mol. The van der Waals surface area contributed by atoms with Crippen LogP contribution in [0.1, 0.15) is 13.8 Å². The second-order valence-electron chi connectivity index (χ2n) is 5.53. The summed E-state index contributed by atoms with van der Waals surface area (Å²) in [6.45, 7) is 0.213. The van der Waals surface area contributed by atoms with Crippen molar-refractivity contribution in [3.63, 3.8) is 0 Å². The molecule has 0 spiro atoms. The summed E-state index contributed by atoms with van der Waals surface area (Å²) in [5, 5.41) is 108. The van der Waals surface area contributed by atoms with Crippen LogP contribution in [0.15, 0.2) is 0 Å². The summed E-state index contributed by atoms with van der Waals surface area (Å²) in [5.41, 5.74) is 0. The zero-order valence-corrected chi connectivity index (χ0v) is 17.7. The highest BCUT2D eigenvalue weighted by Gasteiger charge is 2.29. The number of aliphatic carboxylic acids is 2. The van der Waals surface area contributed by atoms with Crippen LogP contribution in [0.2, 0.25) is 0 Å². The molecule has 0 radical (unpaired) electrons. The SMILES string of the molecule is CC(O)C(=O)O.CC(O)C(=O)O.Cl.OCC(O)CO.OC[C@@H](O)[C@@H](O)[C@H](O)[C@@H](O)CO. The number of aliphatic hydroxyl groups is 11. The van der Waals surface area contributed by atoms with Gasteiger partial charge in [-0.1, -0.05) is 0 Å². The fraction of sp³-hybridized carbons (Fsp3) is 0.867. The molecular formula is C15H35ClO15. The lowest BCUT2D eigenvalue weighted by atomic mass is 10.0. The number of carbonyl (C=O) groups is 2. The van der Waals surface area contributed by atoms with E-state index in [0.29, 0.717) is 0 Å². The molecule has 13 N–H and O–H groups in total. The topological polar surface area (TPSA) is 297 Å². The summed E-state index contributed by atoms with van der Waals surface area (Å²) in [6.07, 6.45) is -9.81. The first-order chi connectivity index (χ1) is 13.6. The van der Waals surface area contributed by atoms with Gasteiger partial charge < -0.3 is 66.4 Å². The lowest BCUT2D eigenvalue weighted by Gasteiger charge is -2.24. The van der Waals surface area contributed by atoms with Crippen LogP contribution in [0.25, 0.3) is 0 Å². The Morgan fingerprint density at radius 3 is 0.839 bits per heavy atom. The van der Waals surface area contributed by atoms with Gasteiger partial charge in [0.25, 0.3) is 0 Å². The summed E-state index contributed by atoms with van der Waals surface area (Å²) in [5.74, 6) is -2.37. The van der Waals surface area contributed by atoms with E-state index in [4.69, 9.17) is 66.4 Å². The van der Waals surface area contributed by atoms with Gasteiger partial charge in [0, 0.05) is 0 Å². The Labute approximate surface area is 184 Å². The van der Waals surface area contributed by atoms with Crippen molar-refractivity contribution in [2.45, 2.75) is 56.6 Å². The van der Waals surface area contributed by atoms with Crippen molar-refractivity contribution in [2.75, 3.05) is 26.4 Å². The molecule has 16 heteroatoms. The number of halogens is 1. The van der Waals surface area contributed by atoms with Crippen molar-refractivity contribution in [3.8, 4) is 0 Å². The van der Waals surface area contributed by atoms with Gasteiger partial charge in [-0.05, 0) is 13.8 Å². The molecule has 0 fully saturated rings. The van der Waals surface area contributed by atoms with Crippen LogP contribution in [-0.2, 0) is 9.59 Å². The maximum absolute atomic E-state index is 9.45. The van der Waals surface area contributed by atoms with Crippen LogP contribution >= 0.6 is 12.4 Å². The third-order valence-corrected chi connectivity index (χ3v) is 2.65. The smallest absolute Gasteiger partial charge is 0.332 e. The monoisotopic (exact) mass is 490 g/mol. The molecule has 0 aliphatic carbocycles. The lowest BCUT2D eigenvalue weighted by Crippen LogP contribution is -2.46. The van der Waals surface area contributed by atoms with Crippen LogP contribution in [0.5, 0.6) is 0 Å². The van der Waals surface area contributed by atoms with Gasteiger partial charge in [0.15, 0.2) is 0 Å². The first kappa shape index (κ1) is 40.2. The van der Waals surface area contributed by atoms with E-state index in [9.17, 15) is 9.59 Å². The van der Waals surface area contributed by atoms with Crippen LogP contribution in [0.4, 0.5) is 0 Å². The van der Waals surface area contributed by atoms with Crippen LogP contribution in [0.3, 0.4) is 0 Å². The minimum Gasteiger partial charge on any atom is -0.479 e. The Morgan fingerprint density at radius 1 is 0.581 bits per heavy atom. The maximum atomic E-state index is 9.45. The third-order valence-electron chi connectivity index (χ3n) is 2.65. The minimum atomic E-state index is -1.67. The van der Waals surface area contributed by atoms with Gasteiger partial charge in [0.05, 0.1) is 26.4 Å². The van der Waals surface area contributed by atoms with Crippen LogP contribution in [0, 0.1) is 0 Å². The Hall–Kier alpha value is -1.21. The number of hydrogen-bond donors (Lipinski definition) is 13. The predicted molar refractivity (Wildman–Crippen MR) is 104 cm³/mol. The molecule has 0 aliphatic heterocycles. The molecule has 6 atom stereocenters. The fourth-order valence-corrected chi connectivity index (χ4v) is 0.729. The molecule has 0 heterocycles. The standard InChI is InChI=1S/C6H14O6.C3H8O3.2C3H6O3.ClH/c7-1-3(9)5(11)6(12)4(10)2-8;4-1-3(6)2-5;2*1-2(4)3(5)6;/h3-12H,1-2H2;3-6H,1-2H2;2*2,4H,1H3,(H,5,6);1H/t3-,4+,5-,6-;;;;/m1..../s1. The first-order valence-corrected chi connectivity index (χ1v) is 8.29. The molecule has 0 rings (SSSR count). The maximum Gasteiger partial charge on any atom is 0.332 e. The Balaban J connectivity index is -0.000000102. The molecule has 0 aliphatic rings. The molecule has 0 saturated heterocycles. The Morgan fingerprint density at radius 2 is 0.774 bits per heavy atom. The summed E-state index contributed by atoms with van der Waals surface area (Å²) in [7, 11) is 0. The Kier molecular flexibility index (Phi) is 32.5. The second-order valence-corrected chi connectivity index (χ2v) is 5.53. The number of carboxylic acid groups (broad SMARTS) is 2. The third kappa shape index (κ3) is 28.8. The molecular weight excluding hydrogens is 456 g/mol. The van der Waals surface area contributed by atoms with Gasteiger partial charge >= 0.3 is 11.9 Å². The Bertz CT molecular complexity index is 374. The molecule has 31 heavy (non-hydrogen) atoms. The van der Waals surface area contributed by atoms with Gasteiger partial charge in [0.2, 0.25) is 0 Å². The molecule has 0 aromatic rings. The van der Waals surface area contributed by atoms with Crippen molar-refractivity contribution in [2.24, 2.45) is 0 Å². The molecule has 0 saturated carbocycles. The van der Waals surface area contributed by atoms with Gasteiger partial charge in [0.1, 0.15) is 42.7 Å². The highest BCUT2D eigenvalue weighted by atomic mass is 35.5. The largest absolute Gasteiger partial charge is 0.479 e. The van der Waals surface area contributed by atoms with E-state index in [2.05, 4.69) is 0 Å². The molecule has 0 aromatic heterocycles. The molecule has 0 aromatic carbocycles. The van der Waals surface area contributed by atoms with E-state index < -0.39 is 67.9 Å². The highest BCUT2D eigenvalue weighted by molar-refractivity contribution is 5.85. The van der Waals surface area contributed by atoms with E-state index in [1.54, 1.807) is 0 Å². The zero-order chi connectivity index (χ0) is 25.0. The first-order valence-electron chi connectivity index (χ1n) is 8.29. The minimum absolute atomic E-state index is 0. The van der Waals surface area contributed by atoms with Gasteiger partial charge in [-0.25, -0.2) is 9.59 Å². The van der Waals surface area contributed by atoms with Gasteiger partial charge in [-0.15, -0.1) is 12.4 Å². The normalized spacial score (nSPS) is 15.5. The van der Waals surface area contributed by atoms with Crippen molar-refractivity contribution < 1.29 is 76.0 Å². The van der Waals surface area contributed by atoms with Crippen LogP contribution < -0.4 is 0 Å². The van der Waals surface area contributed by atoms with Gasteiger partial charge in [-0.3, -0.25) is 0 Å². The number of carboxylic acids is 2. The van der Waals surface area contributed by atoms with Crippen LogP contribution in [-0.4, -0.2) is 147 Å². The molecule has 0 amide bonds. The zero-order valence-electron chi connectivity index (χ0n) is 16.9. The molecule has 0 bridgehead atoms. The number of hydrogen-bond acceptors (Lipinski definition) is 13. The van der Waals surface area contributed by atoms with Crippen molar-refractivity contribution >= 4 is 24.3 Å². The van der Waals surface area contributed by atoms with Gasteiger partial charge in [-0.2, -0.15) is 0 Å². The number of rotatable bonds is 9. The summed E-state index contributed by atoms with van der Waals surface area (Å²) in [6, 6.07) is 0. The summed E-state index contributed by atoms with van der Waals surface area (Å²) in [4.78, 5) is 18.9. The second kappa shape index (κ2) is 25.1. The molecule has 15 nitrogen and oxygen atoms in total. The van der Waals surface area contributed by atoms with E-state index in [1.165, 1.54) is 13.8 Å². The number of aliphatic hydroxyl groups excluding tert-OH is 11. The predicted octanol–water partition coefficient (Wildman–Crippen LogP) is -5.93. The van der Waals surface area contributed by atoms with Crippen molar-refractivity contribution in [1.82, 2.24) is 0 Å². The van der Waals surface area contributed by atoms with E-state index >= 15 is 0 Å². The van der Waals surface area contributed by atoms with E-state index in [1.807, 2.05) is 0 Å². The molecule has 2 unspecified atom stereocenters. The lowest BCUT2D eigenvalue weighted by molar-refractivity contribution is -0.146. The van der Waals surface area contributed by atoms with E-state index in [0.717, 1.165) is 0 Å². The van der Waals surface area contributed by atoms with Crippen molar-refractivity contribution in [3.05, 3.63) is 0 Å². The van der Waals surface area contributed by atoms with E-state index in [-0.39, 0.29) is 25.6 Å². The fourth-order valence-electron chi connectivity index (χ4n) is 0.729. The average Bonchev–Trinajstić information content (AvgIpc) is 2.71.